The lowest BCUT2D eigenvalue weighted by atomic mass is 10.3. The number of nitrogens with one attached hydrogen (secondary N) is 1. The molecule has 0 bridgehead atoms. The molecule has 0 aromatic carbocycles. The summed E-state index contributed by atoms with van der Waals surface area (Å²) in [6, 6.07) is 0. The van der Waals surface area contributed by atoms with E-state index in [4.69, 9.17) is 5.73 Å². The second-order valence-electron chi connectivity index (χ2n) is 5.11. The summed E-state index contributed by atoms with van der Waals surface area (Å²) in [5, 5.41) is 3.75. The average molecular weight is 297 g/mol. The van der Waals surface area contributed by atoms with Gasteiger partial charge in [-0.25, -0.2) is 4.98 Å². The lowest BCUT2D eigenvalue weighted by Gasteiger charge is -2.31. The maximum absolute atomic E-state index is 12.0. The van der Waals surface area contributed by atoms with E-state index in [1.165, 1.54) is 11.3 Å². The van der Waals surface area contributed by atoms with E-state index in [0.29, 0.717) is 17.2 Å². The number of likely N-dealkylation sites (N-methyl/N-ethyl adjacent to an activating group) is 1. The number of nitrogen functional groups attached to an aromatic ring is 1. The number of rotatable bonds is 5. The minimum absolute atomic E-state index is 0.103. The van der Waals surface area contributed by atoms with Gasteiger partial charge in [-0.2, -0.15) is 0 Å². The molecule has 1 saturated heterocycles. The molecule has 1 aliphatic heterocycles. The number of aromatic nitrogens is 1. The van der Waals surface area contributed by atoms with E-state index in [9.17, 15) is 4.79 Å². The fourth-order valence-electron chi connectivity index (χ4n) is 2.07. The Morgan fingerprint density at radius 1 is 1.40 bits per heavy atom. The van der Waals surface area contributed by atoms with Gasteiger partial charge in [0.1, 0.15) is 10.7 Å². The number of carbonyl (C=O) groups excluding carboxylic acids is 1. The summed E-state index contributed by atoms with van der Waals surface area (Å²) >= 11 is 1.39. The van der Waals surface area contributed by atoms with Crippen LogP contribution in [0.25, 0.3) is 0 Å². The summed E-state index contributed by atoms with van der Waals surface area (Å²) in [6.07, 6.45) is 2.04. The van der Waals surface area contributed by atoms with Crippen LogP contribution in [-0.4, -0.2) is 55.6 Å². The molecule has 0 radical (unpaired) electrons. The van der Waals surface area contributed by atoms with Crippen molar-refractivity contribution in [3.8, 4) is 0 Å². The molecule has 1 aromatic rings. The first-order chi connectivity index (χ1) is 9.61. The van der Waals surface area contributed by atoms with E-state index < -0.39 is 0 Å². The number of thiazole rings is 1. The van der Waals surface area contributed by atoms with Crippen molar-refractivity contribution in [2.24, 2.45) is 0 Å². The van der Waals surface area contributed by atoms with Crippen molar-refractivity contribution in [3.63, 3.8) is 0 Å². The molecule has 0 saturated carbocycles. The molecular weight excluding hydrogens is 274 g/mol. The monoisotopic (exact) mass is 297 g/mol. The second kappa shape index (κ2) is 6.90. The van der Waals surface area contributed by atoms with Gasteiger partial charge >= 0.3 is 0 Å². The van der Waals surface area contributed by atoms with Gasteiger partial charge in [0.2, 0.25) is 0 Å². The van der Waals surface area contributed by atoms with Gasteiger partial charge in [0.15, 0.2) is 5.13 Å². The largest absolute Gasteiger partial charge is 0.382 e. The van der Waals surface area contributed by atoms with Crippen LogP contribution in [-0.2, 0) is 0 Å². The van der Waals surface area contributed by atoms with Crippen molar-refractivity contribution in [2.45, 2.75) is 19.8 Å². The zero-order valence-electron chi connectivity index (χ0n) is 12.2. The van der Waals surface area contributed by atoms with E-state index >= 15 is 0 Å². The summed E-state index contributed by atoms with van der Waals surface area (Å²) in [5.41, 5.74) is 5.88. The molecule has 1 aromatic heterocycles. The summed E-state index contributed by atoms with van der Waals surface area (Å²) in [5.74, 6) is 0.242. The summed E-state index contributed by atoms with van der Waals surface area (Å²) < 4.78 is 0. The fourth-order valence-corrected chi connectivity index (χ4v) is 3.03. The Morgan fingerprint density at radius 2 is 2.10 bits per heavy atom. The molecule has 0 atom stereocenters. The molecule has 3 N–H and O–H groups in total. The van der Waals surface area contributed by atoms with Gasteiger partial charge in [0.05, 0.1) is 0 Å². The maximum Gasteiger partial charge on any atom is 0.265 e. The van der Waals surface area contributed by atoms with Crippen molar-refractivity contribution in [1.82, 2.24) is 15.2 Å². The summed E-state index contributed by atoms with van der Waals surface area (Å²) in [4.78, 5) is 21.4. The van der Waals surface area contributed by atoms with Crippen molar-refractivity contribution in [3.05, 3.63) is 4.88 Å². The highest BCUT2D eigenvalue weighted by Gasteiger charge is 2.21. The lowest BCUT2D eigenvalue weighted by Crippen LogP contribution is -2.44. The van der Waals surface area contributed by atoms with Gasteiger partial charge in [-0.3, -0.25) is 4.79 Å². The molecule has 0 spiro atoms. The van der Waals surface area contributed by atoms with Crippen LogP contribution in [0.15, 0.2) is 0 Å². The lowest BCUT2D eigenvalue weighted by molar-refractivity contribution is 0.0958. The smallest absolute Gasteiger partial charge is 0.265 e. The Bertz CT molecular complexity index is 454. The second-order valence-corrected chi connectivity index (χ2v) is 6.09. The van der Waals surface area contributed by atoms with Crippen LogP contribution in [0.5, 0.6) is 0 Å². The van der Waals surface area contributed by atoms with E-state index in [0.717, 1.165) is 44.2 Å². The van der Waals surface area contributed by atoms with Crippen LogP contribution < -0.4 is 16.0 Å². The molecule has 2 rings (SSSR count). The predicted molar refractivity (Wildman–Crippen MR) is 83.5 cm³/mol. The number of hydrogen-bond donors (Lipinski definition) is 2. The van der Waals surface area contributed by atoms with E-state index in [1.807, 2.05) is 0 Å². The number of anilines is 2. The molecule has 2 heterocycles. The number of piperazine rings is 1. The quantitative estimate of drug-likeness (QED) is 0.793. The third-order valence-corrected chi connectivity index (χ3v) is 4.57. The molecule has 1 fully saturated rings. The molecule has 1 amide bonds. The van der Waals surface area contributed by atoms with Gasteiger partial charge < -0.3 is 20.9 Å². The number of hydrogen-bond acceptors (Lipinski definition) is 6. The Labute approximate surface area is 124 Å². The highest BCUT2D eigenvalue weighted by atomic mass is 32.1. The topological polar surface area (TPSA) is 74.5 Å². The predicted octanol–water partition coefficient (Wildman–Crippen LogP) is 1.01. The minimum Gasteiger partial charge on any atom is -0.382 e. The SMILES string of the molecule is CCCCNC(=O)c1sc(N2CCN(C)CC2)nc1N. The van der Waals surface area contributed by atoms with Crippen LogP contribution in [0.4, 0.5) is 10.9 Å². The van der Waals surface area contributed by atoms with Crippen molar-refractivity contribution in [1.29, 1.82) is 0 Å². The first-order valence-corrected chi connectivity index (χ1v) is 7.91. The number of unbranched alkanes of at least 4 members (excludes halogenated alkanes) is 1. The first kappa shape index (κ1) is 15.1. The Kier molecular flexibility index (Phi) is 5.19. The van der Waals surface area contributed by atoms with Gasteiger partial charge in [0, 0.05) is 32.7 Å². The first-order valence-electron chi connectivity index (χ1n) is 7.09. The fraction of sp³-hybridized carbons (Fsp3) is 0.692. The van der Waals surface area contributed by atoms with Crippen molar-refractivity contribution >= 4 is 28.2 Å². The Balaban J connectivity index is 2.00. The zero-order chi connectivity index (χ0) is 14.5. The number of nitrogens with zero attached hydrogens (tertiary/aromatic N) is 3. The van der Waals surface area contributed by atoms with Crippen molar-refractivity contribution in [2.75, 3.05) is 50.4 Å². The molecule has 0 aliphatic carbocycles. The van der Waals surface area contributed by atoms with Crippen LogP contribution in [0, 0.1) is 0 Å². The molecular formula is C13H23N5OS. The number of carbonyl (C=O) groups is 1. The summed E-state index contributed by atoms with van der Waals surface area (Å²) in [6.45, 7) is 6.67. The number of amides is 1. The molecule has 0 unspecified atom stereocenters. The standard InChI is InChI=1S/C13H23N5OS/c1-3-4-5-15-12(19)10-11(14)16-13(20-10)18-8-6-17(2)7-9-18/h3-9,14H2,1-2H3,(H,15,19). The van der Waals surface area contributed by atoms with Gasteiger partial charge in [-0.05, 0) is 13.5 Å². The zero-order valence-corrected chi connectivity index (χ0v) is 13.0. The van der Waals surface area contributed by atoms with Crippen LogP contribution in [0.2, 0.25) is 0 Å². The van der Waals surface area contributed by atoms with Crippen LogP contribution in [0.1, 0.15) is 29.4 Å². The highest BCUT2D eigenvalue weighted by molar-refractivity contribution is 7.18. The number of nitrogens with two attached hydrogens (primary N) is 1. The Hall–Kier alpha value is -1.34. The Morgan fingerprint density at radius 3 is 2.75 bits per heavy atom. The molecule has 6 nitrogen and oxygen atoms in total. The van der Waals surface area contributed by atoms with E-state index in [-0.39, 0.29) is 5.91 Å². The van der Waals surface area contributed by atoms with Crippen molar-refractivity contribution < 1.29 is 4.79 Å². The normalized spacial score (nSPS) is 16.4. The van der Waals surface area contributed by atoms with Gasteiger partial charge in [-0.15, -0.1) is 0 Å². The van der Waals surface area contributed by atoms with Gasteiger partial charge in [0.25, 0.3) is 5.91 Å². The van der Waals surface area contributed by atoms with Crippen LogP contribution >= 0.6 is 11.3 Å². The maximum atomic E-state index is 12.0. The molecule has 7 heteroatoms. The van der Waals surface area contributed by atoms with Gasteiger partial charge in [-0.1, -0.05) is 24.7 Å². The average Bonchev–Trinajstić information content (AvgIpc) is 2.82. The minimum atomic E-state index is -0.103. The van der Waals surface area contributed by atoms with E-state index in [1.54, 1.807) is 0 Å². The molecule has 20 heavy (non-hydrogen) atoms. The van der Waals surface area contributed by atoms with E-state index in [2.05, 4.69) is 34.1 Å². The molecule has 1 aliphatic rings. The third kappa shape index (κ3) is 3.61. The third-order valence-electron chi connectivity index (χ3n) is 3.44. The molecule has 112 valence electrons. The highest BCUT2D eigenvalue weighted by Crippen LogP contribution is 2.28. The summed E-state index contributed by atoms with van der Waals surface area (Å²) in [7, 11) is 2.11. The van der Waals surface area contributed by atoms with Crippen LogP contribution in [0.3, 0.4) is 0 Å².